The number of hydrogen-bond acceptors (Lipinski definition) is 4. The number of nitrogens with two attached hydrogens (primary N) is 1. The fraction of sp³-hybridized carbons (Fsp3) is 0.312. The molecule has 0 atom stereocenters. The Kier molecular flexibility index (Phi) is 5.24. The largest absolute Gasteiger partial charge is 0.494 e. The molecule has 0 aliphatic heterocycles. The highest BCUT2D eigenvalue weighted by Gasteiger charge is 1.99. The Bertz CT molecular complexity index is 544. The van der Waals surface area contributed by atoms with Gasteiger partial charge < -0.3 is 15.2 Å². The second kappa shape index (κ2) is 7.38. The number of anilines is 1. The van der Waals surface area contributed by atoms with E-state index < -0.39 is 0 Å². The predicted molar refractivity (Wildman–Crippen MR) is 80.1 cm³/mol. The smallest absolute Gasteiger partial charge is 0.166 e. The molecule has 0 saturated heterocycles. The van der Waals surface area contributed by atoms with E-state index in [9.17, 15) is 0 Å². The molecule has 106 valence electrons. The van der Waals surface area contributed by atoms with Gasteiger partial charge in [-0.05, 0) is 49.6 Å². The third-order valence-electron chi connectivity index (χ3n) is 2.85. The molecule has 4 heteroatoms. The van der Waals surface area contributed by atoms with Gasteiger partial charge in [0.1, 0.15) is 5.75 Å². The molecule has 0 aliphatic carbocycles. The molecule has 0 saturated carbocycles. The molecule has 0 bridgehead atoms. The molecule has 0 amide bonds. The third-order valence-corrected chi connectivity index (χ3v) is 2.85. The average molecular weight is 272 g/mol. The molecule has 20 heavy (non-hydrogen) atoms. The van der Waals surface area contributed by atoms with Crippen LogP contribution in [-0.4, -0.2) is 18.2 Å². The fourth-order valence-electron chi connectivity index (χ4n) is 1.81. The molecular formula is C16H20N2O2. The molecule has 1 heterocycles. The fourth-order valence-corrected chi connectivity index (χ4v) is 1.81. The maximum absolute atomic E-state index is 5.69. The zero-order valence-corrected chi connectivity index (χ0v) is 11.7. The summed E-state index contributed by atoms with van der Waals surface area (Å²) in [6.45, 7) is 3.36. The summed E-state index contributed by atoms with van der Waals surface area (Å²) in [5.41, 5.74) is 6.90. The first-order valence-corrected chi connectivity index (χ1v) is 6.78. The Hall–Kier alpha value is -2.23. The van der Waals surface area contributed by atoms with Crippen molar-refractivity contribution in [2.75, 3.05) is 18.9 Å². The van der Waals surface area contributed by atoms with E-state index in [4.69, 9.17) is 15.2 Å². The number of nitrogens with zero attached hydrogens (tertiary/aromatic N) is 1. The molecule has 0 unspecified atom stereocenters. The summed E-state index contributed by atoms with van der Waals surface area (Å²) >= 11 is 0. The number of aryl methyl sites for hydroxylation is 1. The number of rotatable bonds is 7. The maximum atomic E-state index is 5.69. The van der Waals surface area contributed by atoms with Crippen molar-refractivity contribution in [3.63, 3.8) is 0 Å². The summed E-state index contributed by atoms with van der Waals surface area (Å²) in [7, 11) is 0. The number of aromatic nitrogens is 1. The van der Waals surface area contributed by atoms with Crippen LogP contribution in [0.4, 0.5) is 5.82 Å². The lowest BCUT2D eigenvalue weighted by molar-refractivity contribution is 0.267. The summed E-state index contributed by atoms with van der Waals surface area (Å²) in [5.74, 6) is 2.00. The minimum atomic E-state index is 0.434. The Morgan fingerprint density at radius 2 is 1.85 bits per heavy atom. The van der Waals surface area contributed by atoms with E-state index in [1.54, 1.807) is 6.20 Å². The number of nitrogen functional groups attached to an aromatic ring is 1. The molecule has 2 N–H and O–H groups in total. The Morgan fingerprint density at radius 1 is 1.05 bits per heavy atom. The zero-order valence-electron chi connectivity index (χ0n) is 11.7. The van der Waals surface area contributed by atoms with Crippen LogP contribution in [0.15, 0.2) is 42.6 Å². The predicted octanol–water partition coefficient (Wildman–Crippen LogP) is 3.21. The number of ether oxygens (including phenoxy) is 2. The number of benzene rings is 1. The van der Waals surface area contributed by atoms with Crippen LogP contribution in [0.5, 0.6) is 11.5 Å². The molecule has 0 spiro atoms. The molecule has 1 aromatic heterocycles. The van der Waals surface area contributed by atoms with E-state index in [1.807, 2.05) is 30.3 Å². The first-order chi connectivity index (χ1) is 9.75. The van der Waals surface area contributed by atoms with E-state index >= 15 is 0 Å². The van der Waals surface area contributed by atoms with Crippen molar-refractivity contribution in [3.8, 4) is 11.5 Å². The van der Waals surface area contributed by atoms with Crippen LogP contribution in [0.1, 0.15) is 18.4 Å². The van der Waals surface area contributed by atoms with Gasteiger partial charge in [-0.1, -0.05) is 12.1 Å². The SMILES string of the molecule is Cc1cccc(OCCCCOc2cccnc2N)c1. The highest BCUT2D eigenvalue weighted by Crippen LogP contribution is 2.17. The van der Waals surface area contributed by atoms with E-state index in [1.165, 1.54) is 5.56 Å². The number of unbranched alkanes of at least 4 members (excludes halogenated alkanes) is 1. The lowest BCUT2D eigenvalue weighted by Crippen LogP contribution is -2.04. The van der Waals surface area contributed by atoms with E-state index in [-0.39, 0.29) is 0 Å². The van der Waals surface area contributed by atoms with Gasteiger partial charge in [-0.3, -0.25) is 0 Å². The number of pyridine rings is 1. The summed E-state index contributed by atoms with van der Waals surface area (Å²) in [6, 6.07) is 11.7. The van der Waals surface area contributed by atoms with Crippen molar-refractivity contribution >= 4 is 5.82 Å². The minimum absolute atomic E-state index is 0.434. The lowest BCUT2D eigenvalue weighted by atomic mass is 10.2. The zero-order chi connectivity index (χ0) is 14.2. The van der Waals surface area contributed by atoms with Gasteiger partial charge in [0.15, 0.2) is 11.6 Å². The summed E-state index contributed by atoms with van der Waals surface area (Å²) < 4.78 is 11.2. The van der Waals surface area contributed by atoms with Crippen LogP contribution in [0, 0.1) is 6.92 Å². The monoisotopic (exact) mass is 272 g/mol. The van der Waals surface area contributed by atoms with Crippen LogP contribution < -0.4 is 15.2 Å². The van der Waals surface area contributed by atoms with Crippen molar-refractivity contribution in [1.82, 2.24) is 4.98 Å². The molecular weight excluding hydrogens is 252 g/mol. The van der Waals surface area contributed by atoms with Crippen molar-refractivity contribution in [1.29, 1.82) is 0 Å². The highest BCUT2D eigenvalue weighted by atomic mass is 16.5. The Labute approximate surface area is 119 Å². The molecule has 2 rings (SSSR count). The van der Waals surface area contributed by atoms with Gasteiger partial charge in [-0.15, -0.1) is 0 Å². The minimum Gasteiger partial charge on any atom is -0.494 e. The van der Waals surface area contributed by atoms with Crippen LogP contribution in [0.25, 0.3) is 0 Å². The van der Waals surface area contributed by atoms with Gasteiger partial charge in [0.2, 0.25) is 0 Å². The normalized spacial score (nSPS) is 10.2. The van der Waals surface area contributed by atoms with Gasteiger partial charge in [-0.25, -0.2) is 4.98 Å². The van der Waals surface area contributed by atoms with Gasteiger partial charge in [0.25, 0.3) is 0 Å². The maximum Gasteiger partial charge on any atom is 0.166 e. The highest BCUT2D eigenvalue weighted by molar-refractivity contribution is 5.44. The van der Waals surface area contributed by atoms with Gasteiger partial charge in [-0.2, -0.15) is 0 Å². The average Bonchev–Trinajstić information content (AvgIpc) is 2.44. The van der Waals surface area contributed by atoms with Gasteiger partial charge >= 0.3 is 0 Å². The van der Waals surface area contributed by atoms with E-state index in [2.05, 4.69) is 18.0 Å². The second-order valence-corrected chi connectivity index (χ2v) is 4.61. The van der Waals surface area contributed by atoms with Crippen LogP contribution in [0.3, 0.4) is 0 Å². The van der Waals surface area contributed by atoms with E-state index in [0.29, 0.717) is 24.8 Å². The molecule has 1 aromatic carbocycles. The van der Waals surface area contributed by atoms with Crippen LogP contribution in [0.2, 0.25) is 0 Å². The van der Waals surface area contributed by atoms with Crippen molar-refractivity contribution in [3.05, 3.63) is 48.2 Å². The third kappa shape index (κ3) is 4.46. The number of hydrogen-bond donors (Lipinski definition) is 1. The van der Waals surface area contributed by atoms with Crippen LogP contribution >= 0.6 is 0 Å². The van der Waals surface area contributed by atoms with E-state index in [0.717, 1.165) is 18.6 Å². The van der Waals surface area contributed by atoms with Gasteiger partial charge in [0.05, 0.1) is 13.2 Å². The van der Waals surface area contributed by atoms with Gasteiger partial charge in [0, 0.05) is 6.20 Å². The standard InChI is InChI=1S/C16H20N2O2/c1-13-6-4-7-14(12-13)19-10-2-3-11-20-15-8-5-9-18-16(15)17/h4-9,12H,2-3,10-11H2,1H3,(H2,17,18). The summed E-state index contributed by atoms with van der Waals surface area (Å²) in [6.07, 6.45) is 3.51. The molecule has 4 nitrogen and oxygen atoms in total. The summed E-state index contributed by atoms with van der Waals surface area (Å²) in [5, 5.41) is 0. The first-order valence-electron chi connectivity index (χ1n) is 6.78. The molecule has 2 aromatic rings. The van der Waals surface area contributed by atoms with Crippen molar-refractivity contribution in [2.45, 2.75) is 19.8 Å². The Balaban J connectivity index is 1.61. The molecule has 0 radical (unpaired) electrons. The molecule has 0 aliphatic rings. The second-order valence-electron chi connectivity index (χ2n) is 4.61. The Morgan fingerprint density at radius 3 is 2.60 bits per heavy atom. The van der Waals surface area contributed by atoms with Crippen LogP contribution in [-0.2, 0) is 0 Å². The van der Waals surface area contributed by atoms with Crippen molar-refractivity contribution < 1.29 is 9.47 Å². The summed E-state index contributed by atoms with van der Waals surface area (Å²) in [4.78, 5) is 3.97. The lowest BCUT2D eigenvalue weighted by Gasteiger charge is -2.09. The van der Waals surface area contributed by atoms with Crippen molar-refractivity contribution in [2.24, 2.45) is 0 Å². The topological polar surface area (TPSA) is 57.4 Å². The quantitative estimate of drug-likeness (QED) is 0.786. The first kappa shape index (κ1) is 14.2. The molecule has 0 fully saturated rings.